The molecule has 0 aliphatic heterocycles. The van der Waals surface area contributed by atoms with E-state index in [1.165, 1.54) is 11.3 Å². The Morgan fingerprint density at radius 1 is 0.960 bits per heavy atom. The number of hydrogen-bond donors (Lipinski definition) is 3. The third kappa shape index (κ3) is 4.95. The summed E-state index contributed by atoms with van der Waals surface area (Å²) in [6, 6.07) is 14.2. The lowest BCUT2D eigenvalue weighted by atomic mass is 10.2. The van der Waals surface area contributed by atoms with Crippen LogP contribution in [0.25, 0.3) is 0 Å². The number of nitrogens with one attached hydrogen (secondary N) is 3. The van der Waals surface area contributed by atoms with E-state index in [-0.39, 0.29) is 11.9 Å². The molecular formula is C18H18N4O2S. The Balaban J connectivity index is 1.50. The van der Waals surface area contributed by atoms with Crippen molar-refractivity contribution in [3.8, 4) is 0 Å². The van der Waals surface area contributed by atoms with E-state index in [1.54, 1.807) is 30.3 Å². The summed E-state index contributed by atoms with van der Waals surface area (Å²) in [5, 5.41) is 10.2. The zero-order valence-corrected chi connectivity index (χ0v) is 14.3. The maximum Gasteiger partial charge on any atom is 0.319 e. The third-order valence-corrected chi connectivity index (χ3v) is 4.31. The molecule has 0 aliphatic carbocycles. The van der Waals surface area contributed by atoms with Gasteiger partial charge in [0.15, 0.2) is 0 Å². The van der Waals surface area contributed by atoms with Crippen LogP contribution in [0.2, 0.25) is 0 Å². The minimum atomic E-state index is -0.283. The predicted molar refractivity (Wildman–Crippen MR) is 100 cm³/mol. The number of hydrogen-bond acceptors (Lipinski definition) is 3. The van der Waals surface area contributed by atoms with Gasteiger partial charge in [-0.15, -0.1) is 11.3 Å². The lowest BCUT2D eigenvalue weighted by molar-refractivity contribution is 0.103. The number of anilines is 2. The van der Waals surface area contributed by atoms with Crippen molar-refractivity contribution in [1.29, 1.82) is 0 Å². The molecule has 7 heteroatoms. The van der Waals surface area contributed by atoms with Crippen molar-refractivity contribution in [2.24, 2.45) is 0 Å². The average Bonchev–Trinajstić information content (AvgIpc) is 3.29. The molecule has 0 fully saturated rings. The van der Waals surface area contributed by atoms with Crippen molar-refractivity contribution in [3.05, 3.63) is 71.2 Å². The van der Waals surface area contributed by atoms with Crippen LogP contribution in [0.5, 0.6) is 0 Å². The smallest absolute Gasteiger partial charge is 0.319 e. The molecule has 2 heterocycles. The summed E-state index contributed by atoms with van der Waals surface area (Å²) in [5.74, 6) is -0.164. The van der Waals surface area contributed by atoms with Crippen LogP contribution in [0.3, 0.4) is 0 Å². The SMILES string of the molecule is O=C(NCCn1cccc1)Nc1cccc(NC(=O)c2cccs2)c1. The first-order valence-electron chi connectivity index (χ1n) is 7.81. The molecule has 3 amide bonds. The number of carbonyl (C=O) groups is 2. The van der Waals surface area contributed by atoms with Crippen LogP contribution in [0.4, 0.5) is 16.2 Å². The van der Waals surface area contributed by atoms with E-state index >= 15 is 0 Å². The Kier molecular flexibility index (Phi) is 5.48. The summed E-state index contributed by atoms with van der Waals surface area (Å²) >= 11 is 1.38. The standard InChI is InChI=1S/C18H18N4O2S/c23-17(16-7-4-12-25-16)20-14-5-3-6-15(13-14)21-18(24)19-8-11-22-9-1-2-10-22/h1-7,9-10,12-13H,8,11H2,(H,20,23)(H2,19,21,24). The minimum Gasteiger partial charge on any atom is -0.353 e. The van der Waals surface area contributed by atoms with Crippen LogP contribution in [-0.4, -0.2) is 23.1 Å². The Morgan fingerprint density at radius 3 is 2.44 bits per heavy atom. The second kappa shape index (κ2) is 8.16. The predicted octanol–water partition coefficient (Wildman–Crippen LogP) is 3.62. The van der Waals surface area contributed by atoms with Gasteiger partial charge >= 0.3 is 6.03 Å². The first kappa shape index (κ1) is 16.8. The van der Waals surface area contributed by atoms with Crippen LogP contribution in [-0.2, 0) is 6.54 Å². The van der Waals surface area contributed by atoms with E-state index < -0.39 is 0 Å². The van der Waals surface area contributed by atoms with E-state index in [9.17, 15) is 9.59 Å². The van der Waals surface area contributed by atoms with Gasteiger partial charge in [0, 0.05) is 36.9 Å². The lowest BCUT2D eigenvalue weighted by Crippen LogP contribution is -2.31. The zero-order valence-electron chi connectivity index (χ0n) is 13.4. The number of nitrogens with zero attached hydrogens (tertiary/aromatic N) is 1. The van der Waals surface area contributed by atoms with Gasteiger partial charge in [-0.1, -0.05) is 12.1 Å². The van der Waals surface area contributed by atoms with Crippen molar-refractivity contribution in [2.75, 3.05) is 17.2 Å². The minimum absolute atomic E-state index is 0.164. The van der Waals surface area contributed by atoms with Crippen molar-refractivity contribution in [3.63, 3.8) is 0 Å². The fourth-order valence-corrected chi connectivity index (χ4v) is 2.89. The van der Waals surface area contributed by atoms with E-state index in [1.807, 2.05) is 40.5 Å². The molecule has 0 aliphatic rings. The van der Waals surface area contributed by atoms with Gasteiger partial charge < -0.3 is 20.5 Å². The number of thiophene rings is 1. The van der Waals surface area contributed by atoms with Gasteiger partial charge in [-0.3, -0.25) is 4.79 Å². The van der Waals surface area contributed by atoms with E-state index in [2.05, 4.69) is 16.0 Å². The summed E-state index contributed by atoms with van der Waals surface area (Å²) in [4.78, 5) is 24.6. The molecule has 3 rings (SSSR count). The molecule has 0 radical (unpaired) electrons. The molecule has 0 atom stereocenters. The molecule has 3 N–H and O–H groups in total. The fraction of sp³-hybridized carbons (Fsp3) is 0.111. The van der Waals surface area contributed by atoms with Gasteiger partial charge in [-0.05, 0) is 41.8 Å². The summed E-state index contributed by atoms with van der Waals surface area (Å²) < 4.78 is 1.99. The molecule has 3 aromatic rings. The van der Waals surface area contributed by atoms with Gasteiger partial charge in [0.05, 0.1) is 4.88 Å². The molecule has 0 saturated heterocycles. The highest BCUT2D eigenvalue weighted by Gasteiger charge is 2.08. The molecule has 1 aromatic carbocycles. The van der Waals surface area contributed by atoms with Crippen molar-refractivity contribution >= 4 is 34.6 Å². The first-order chi connectivity index (χ1) is 12.2. The molecule has 0 bridgehead atoms. The zero-order chi connectivity index (χ0) is 17.5. The summed E-state index contributed by atoms with van der Waals surface area (Å²) in [5.41, 5.74) is 1.24. The highest BCUT2D eigenvalue weighted by Crippen LogP contribution is 2.17. The number of urea groups is 1. The summed E-state index contributed by atoms with van der Waals surface area (Å²) in [6.45, 7) is 1.23. The van der Waals surface area contributed by atoms with Gasteiger partial charge in [0.25, 0.3) is 5.91 Å². The monoisotopic (exact) mass is 354 g/mol. The second-order valence-corrected chi connectivity index (χ2v) is 6.26. The summed E-state index contributed by atoms with van der Waals surface area (Å²) in [6.07, 6.45) is 3.89. The topological polar surface area (TPSA) is 75.2 Å². The number of benzene rings is 1. The molecule has 0 unspecified atom stereocenters. The van der Waals surface area contributed by atoms with Crippen LogP contribution in [0.1, 0.15) is 9.67 Å². The van der Waals surface area contributed by atoms with Crippen molar-refractivity contribution in [2.45, 2.75) is 6.54 Å². The molecule has 25 heavy (non-hydrogen) atoms. The van der Waals surface area contributed by atoms with Crippen LogP contribution >= 0.6 is 11.3 Å². The van der Waals surface area contributed by atoms with Crippen molar-refractivity contribution in [1.82, 2.24) is 9.88 Å². The fourth-order valence-electron chi connectivity index (χ4n) is 2.27. The highest BCUT2D eigenvalue weighted by atomic mass is 32.1. The van der Waals surface area contributed by atoms with Gasteiger partial charge in [-0.25, -0.2) is 4.79 Å². The van der Waals surface area contributed by atoms with E-state index in [0.717, 1.165) is 0 Å². The third-order valence-electron chi connectivity index (χ3n) is 3.45. The molecular weight excluding hydrogens is 336 g/mol. The molecule has 6 nitrogen and oxygen atoms in total. The molecule has 2 aromatic heterocycles. The largest absolute Gasteiger partial charge is 0.353 e. The maximum absolute atomic E-state index is 12.1. The maximum atomic E-state index is 12.1. The number of amides is 3. The number of carbonyl (C=O) groups excluding carboxylic acids is 2. The Hall–Kier alpha value is -3.06. The Bertz CT molecular complexity index is 829. The Labute approximate surface area is 149 Å². The average molecular weight is 354 g/mol. The second-order valence-electron chi connectivity index (χ2n) is 5.31. The molecule has 0 spiro atoms. The van der Waals surface area contributed by atoms with Gasteiger partial charge in [0.1, 0.15) is 0 Å². The van der Waals surface area contributed by atoms with E-state index in [4.69, 9.17) is 0 Å². The van der Waals surface area contributed by atoms with Crippen LogP contribution in [0, 0.1) is 0 Å². The molecule has 128 valence electrons. The number of rotatable bonds is 6. The molecule has 0 saturated carbocycles. The normalized spacial score (nSPS) is 10.2. The number of aromatic nitrogens is 1. The summed E-state index contributed by atoms with van der Waals surface area (Å²) in [7, 11) is 0. The van der Waals surface area contributed by atoms with Gasteiger partial charge in [0.2, 0.25) is 0 Å². The van der Waals surface area contributed by atoms with E-state index in [0.29, 0.717) is 29.3 Å². The van der Waals surface area contributed by atoms with Gasteiger partial charge in [-0.2, -0.15) is 0 Å². The lowest BCUT2D eigenvalue weighted by Gasteiger charge is -2.10. The Morgan fingerprint density at radius 2 is 1.72 bits per heavy atom. The van der Waals surface area contributed by atoms with Crippen LogP contribution in [0.15, 0.2) is 66.3 Å². The quantitative estimate of drug-likeness (QED) is 0.632. The van der Waals surface area contributed by atoms with Crippen molar-refractivity contribution < 1.29 is 9.59 Å². The first-order valence-corrected chi connectivity index (χ1v) is 8.69. The highest BCUT2D eigenvalue weighted by molar-refractivity contribution is 7.12. The van der Waals surface area contributed by atoms with Crippen LogP contribution < -0.4 is 16.0 Å².